The van der Waals surface area contributed by atoms with Crippen LogP contribution in [0, 0.1) is 0 Å². The maximum Gasteiger partial charge on any atom is 0.333 e. The summed E-state index contributed by atoms with van der Waals surface area (Å²) in [6, 6.07) is 8.32. The molecule has 1 aliphatic heterocycles. The van der Waals surface area contributed by atoms with E-state index in [1.165, 1.54) is 0 Å². The highest BCUT2D eigenvalue weighted by Crippen LogP contribution is 2.32. The zero-order valence-corrected chi connectivity index (χ0v) is 20.0. The van der Waals surface area contributed by atoms with E-state index in [4.69, 9.17) is 14.5 Å². The van der Waals surface area contributed by atoms with Gasteiger partial charge in [-0.25, -0.2) is 4.79 Å². The Hall–Kier alpha value is -2.83. The Kier molecular flexibility index (Phi) is 9.35. The molecule has 12 nitrogen and oxygen atoms in total. The van der Waals surface area contributed by atoms with Crippen molar-refractivity contribution in [3.05, 3.63) is 81.7 Å². The third kappa shape index (κ3) is 6.24. The smallest absolute Gasteiger partial charge is 0.333 e. The molecule has 3 aromatic rings. The van der Waals surface area contributed by atoms with Crippen LogP contribution in [0.4, 0.5) is 0 Å². The van der Waals surface area contributed by atoms with Crippen molar-refractivity contribution in [1.29, 1.82) is 0 Å². The van der Waals surface area contributed by atoms with Crippen LogP contribution in [0.5, 0.6) is 0 Å². The van der Waals surface area contributed by atoms with Gasteiger partial charge < -0.3 is 29.3 Å². The van der Waals surface area contributed by atoms with E-state index >= 15 is 0 Å². The highest BCUT2D eigenvalue weighted by molar-refractivity contribution is 7.39. The van der Waals surface area contributed by atoms with Crippen LogP contribution in [0.25, 0.3) is 11.1 Å². The maximum atomic E-state index is 13.1. The summed E-state index contributed by atoms with van der Waals surface area (Å²) in [5.74, 6) is 0. The largest absolute Gasteiger partial charge is 0.387 e. The average molecular weight is 506 g/mol. The van der Waals surface area contributed by atoms with E-state index in [1.54, 1.807) is 30.7 Å². The van der Waals surface area contributed by atoms with Gasteiger partial charge in [-0.05, 0) is 35.4 Å². The van der Waals surface area contributed by atoms with E-state index in [0.717, 1.165) is 32.5 Å². The quantitative estimate of drug-likeness (QED) is 0.329. The fraction of sp³-hybridized carbons (Fsp3) is 0.364. The summed E-state index contributed by atoms with van der Waals surface area (Å²) >= 11 is 0. The topological polar surface area (TPSA) is 169 Å². The summed E-state index contributed by atoms with van der Waals surface area (Å²) in [5.41, 5.74) is 0.833. The zero-order chi connectivity index (χ0) is 25.5. The van der Waals surface area contributed by atoms with E-state index in [0.29, 0.717) is 5.69 Å². The fourth-order valence-corrected chi connectivity index (χ4v) is 3.84. The van der Waals surface area contributed by atoms with Crippen LogP contribution < -0.4 is 11.2 Å². The monoisotopic (exact) mass is 506 g/mol. The molecule has 4 unspecified atom stereocenters. The molecule has 188 valence electrons. The van der Waals surface area contributed by atoms with Crippen LogP contribution in [-0.4, -0.2) is 64.0 Å². The van der Waals surface area contributed by atoms with Crippen LogP contribution in [0.15, 0.2) is 64.7 Å². The molecular formula is C22H27N4O8P. The number of aliphatic hydroxyl groups is 2. The number of pyridine rings is 2. The Bertz CT molecular complexity index is 1220. The maximum absolute atomic E-state index is 13.1. The minimum absolute atomic E-state index is 0.130. The Morgan fingerprint density at radius 2 is 1.71 bits per heavy atom. The first-order valence-corrected chi connectivity index (χ1v) is 12.0. The summed E-state index contributed by atoms with van der Waals surface area (Å²) in [7, 11) is -2.68. The SMILES string of the molecule is CC.O=c1ccn(C2OC(COP(O)O)C(O)C2O)c(=O)n1Cc1cc(-c2ccncc2)ccn1. The first-order chi connectivity index (χ1) is 16.8. The van der Waals surface area contributed by atoms with Gasteiger partial charge in [0.2, 0.25) is 0 Å². The van der Waals surface area contributed by atoms with Gasteiger partial charge in [0.25, 0.3) is 5.56 Å². The van der Waals surface area contributed by atoms with Crippen molar-refractivity contribution in [2.45, 2.75) is 44.9 Å². The molecule has 0 spiro atoms. The molecule has 0 aromatic carbocycles. The normalized spacial score (nSPS) is 21.6. The van der Waals surface area contributed by atoms with E-state index in [9.17, 15) is 19.8 Å². The number of hydrogen-bond donors (Lipinski definition) is 4. The van der Waals surface area contributed by atoms with E-state index < -0.39 is 51.0 Å². The molecule has 4 N–H and O–H groups in total. The van der Waals surface area contributed by atoms with Gasteiger partial charge in [0.05, 0.1) is 18.8 Å². The van der Waals surface area contributed by atoms with Crippen molar-refractivity contribution in [3.63, 3.8) is 0 Å². The number of aliphatic hydroxyl groups excluding tert-OH is 2. The summed E-state index contributed by atoms with van der Waals surface area (Å²) in [6.07, 6.45) is 0.647. The van der Waals surface area contributed by atoms with Crippen molar-refractivity contribution >= 4 is 8.60 Å². The molecule has 4 atom stereocenters. The predicted molar refractivity (Wildman–Crippen MR) is 126 cm³/mol. The van der Waals surface area contributed by atoms with Crippen LogP contribution in [0.3, 0.4) is 0 Å². The first-order valence-electron chi connectivity index (χ1n) is 10.8. The third-order valence-electron chi connectivity index (χ3n) is 5.21. The van der Waals surface area contributed by atoms with E-state index in [-0.39, 0.29) is 6.54 Å². The van der Waals surface area contributed by atoms with Crippen molar-refractivity contribution in [3.8, 4) is 11.1 Å². The van der Waals surface area contributed by atoms with Gasteiger partial charge in [0.15, 0.2) is 6.23 Å². The van der Waals surface area contributed by atoms with Gasteiger partial charge in [-0.2, -0.15) is 0 Å². The molecule has 0 radical (unpaired) electrons. The molecule has 0 amide bonds. The zero-order valence-electron chi connectivity index (χ0n) is 19.1. The summed E-state index contributed by atoms with van der Waals surface area (Å²) in [5, 5.41) is 20.5. The number of ether oxygens (including phenoxy) is 1. The third-order valence-corrected chi connectivity index (χ3v) is 5.59. The number of hydrogen-bond acceptors (Lipinski definition) is 10. The molecular weight excluding hydrogens is 479 g/mol. The van der Waals surface area contributed by atoms with E-state index in [2.05, 4.69) is 14.5 Å². The lowest BCUT2D eigenvalue weighted by Gasteiger charge is -2.18. The molecule has 0 bridgehead atoms. The lowest BCUT2D eigenvalue weighted by Crippen LogP contribution is -2.43. The molecule has 13 heteroatoms. The summed E-state index contributed by atoms with van der Waals surface area (Å²) in [6.45, 7) is 3.46. The molecule has 3 aromatic heterocycles. The van der Waals surface area contributed by atoms with E-state index in [1.807, 2.05) is 26.0 Å². The molecule has 1 aliphatic rings. The van der Waals surface area contributed by atoms with Crippen LogP contribution >= 0.6 is 8.60 Å². The lowest BCUT2D eigenvalue weighted by molar-refractivity contribution is -0.0531. The Morgan fingerprint density at radius 1 is 1.03 bits per heavy atom. The minimum Gasteiger partial charge on any atom is -0.387 e. The molecule has 1 saturated heterocycles. The molecule has 4 rings (SSSR count). The molecule has 0 saturated carbocycles. The number of aromatic nitrogens is 4. The number of nitrogens with zero attached hydrogens (tertiary/aromatic N) is 4. The van der Waals surface area contributed by atoms with Crippen molar-refractivity contribution in [1.82, 2.24) is 19.1 Å². The van der Waals surface area contributed by atoms with Crippen molar-refractivity contribution in [2.24, 2.45) is 0 Å². The second kappa shape index (κ2) is 12.2. The molecule has 35 heavy (non-hydrogen) atoms. The second-order valence-corrected chi connectivity index (χ2v) is 8.06. The Balaban J connectivity index is 0.00000167. The molecule has 4 heterocycles. The van der Waals surface area contributed by atoms with Crippen molar-refractivity contribution in [2.75, 3.05) is 6.61 Å². The van der Waals surface area contributed by atoms with Crippen molar-refractivity contribution < 1.29 is 29.3 Å². The lowest BCUT2D eigenvalue weighted by atomic mass is 10.1. The van der Waals surface area contributed by atoms with Crippen LogP contribution in [0.2, 0.25) is 0 Å². The predicted octanol–water partition coefficient (Wildman–Crippen LogP) is 0.389. The van der Waals surface area contributed by atoms with Gasteiger partial charge in [0, 0.05) is 30.9 Å². The van der Waals surface area contributed by atoms with Crippen LogP contribution in [0.1, 0.15) is 25.8 Å². The van der Waals surface area contributed by atoms with Gasteiger partial charge >= 0.3 is 14.3 Å². The van der Waals surface area contributed by atoms with Crippen LogP contribution in [-0.2, 0) is 15.8 Å². The average Bonchev–Trinajstić information content (AvgIpc) is 3.16. The minimum atomic E-state index is -2.68. The van der Waals surface area contributed by atoms with Gasteiger partial charge in [-0.3, -0.25) is 23.9 Å². The van der Waals surface area contributed by atoms with Gasteiger partial charge in [-0.1, -0.05) is 13.8 Å². The first kappa shape index (κ1) is 26.8. The molecule has 1 fully saturated rings. The second-order valence-electron chi connectivity index (χ2n) is 7.30. The summed E-state index contributed by atoms with van der Waals surface area (Å²) in [4.78, 5) is 51.5. The standard InChI is InChI=1S/C20H21N4O8P.C2H6/c25-16-4-8-23(19-18(27)17(26)15(32-19)11-31-33(29)30)20(28)24(16)10-14-9-13(3-7-22-14)12-1-5-21-6-2-12;1-2/h1-9,15,17-19,26-27,29-30H,10-11H2;1-2H3. The van der Waals surface area contributed by atoms with Gasteiger partial charge in [-0.15, -0.1) is 0 Å². The Morgan fingerprint density at radius 3 is 2.40 bits per heavy atom. The highest BCUT2D eigenvalue weighted by Gasteiger charge is 2.44. The fourth-order valence-electron chi connectivity index (χ4n) is 3.56. The highest BCUT2D eigenvalue weighted by atomic mass is 31.2. The van der Waals surface area contributed by atoms with Gasteiger partial charge in [0.1, 0.15) is 18.3 Å². The Labute approximate surface area is 201 Å². The summed E-state index contributed by atoms with van der Waals surface area (Å²) < 4.78 is 12.1. The number of rotatable bonds is 7. The molecule has 0 aliphatic carbocycles.